The third-order valence-electron chi connectivity index (χ3n) is 5.39. The zero-order valence-electron chi connectivity index (χ0n) is 12.1. The van der Waals surface area contributed by atoms with Crippen molar-refractivity contribution >= 4 is 0 Å². The summed E-state index contributed by atoms with van der Waals surface area (Å²) in [5.74, 6) is 0.710. The van der Waals surface area contributed by atoms with E-state index in [1.165, 1.54) is 45.4 Å². The van der Waals surface area contributed by atoms with Crippen LogP contribution in [-0.4, -0.2) is 37.6 Å². The Hall–Kier alpha value is -0.860. The minimum absolute atomic E-state index is 0.554. The van der Waals surface area contributed by atoms with Crippen LogP contribution in [0.25, 0.3) is 0 Å². The fourth-order valence-corrected chi connectivity index (χ4v) is 4.04. The molecule has 2 heterocycles. The Morgan fingerprint density at radius 3 is 2.58 bits per heavy atom. The zero-order valence-corrected chi connectivity index (χ0v) is 12.1. The topological polar surface area (TPSA) is 15.3 Å². The summed E-state index contributed by atoms with van der Waals surface area (Å²) in [5.41, 5.74) is 2.10. The highest BCUT2D eigenvalue weighted by atomic mass is 15.1. The second-order valence-corrected chi connectivity index (χ2v) is 6.21. The maximum absolute atomic E-state index is 3.62. The Morgan fingerprint density at radius 1 is 1.16 bits per heavy atom. The van der Waals surface area contributed by atoms with Crippen LogP contribution in [0.15, 0.2) is 30.3 Å². The summed E-state index contributed by atoms with van der Waals surface area (Å²) >= 11 is 0. The molecule has 2 nitrogen and oxygen atoms in total. The van der Waals surface area contributed by atoms with E-state index in [9.17, 15) is 0 Å². The lowest BCUT2D eigenvalue weighted by Gasteiger charge is -2.49. The fraction of sp³-hybridized carbons (Fsp3) is 0.647. The van der Waals surface area contributed by atoms with Crippen LogP contribution in [0.4, 0.5) is 0 Å². The number of piperidine rings is 2. The fourth-order valence-electron chi connectivity index (χ4n) is 4.04. The Kier molecular flexibility index (Phi) is 3.90. The van der Waals surface area contributed by atoms with E-state index < -0.39 is 0 Å². The molecule has 0 saturated carbocycles. The van der Waals surface area contributed by atoms with Gasteiger partial charge in [0.05, 0.1) is 0 Å². The van der Waals surface area contributed by atoms with E-state index >= 15 is 0 Å². The SMILES string of the molecule is CCN1CCC2(CCNCC2c2ccccc2)CC1. The number of nitrogens with zero attached hydrogens (tertiary/aromatic N) is 1. The van der Waals surface area contributed by atoms with Gasteiger partial charge in [-0.1, -0.05) is 37.3 Å². The number of hydrogen-bond acceptors (Lipinski definition) is 2. The lowest BCUT2D eigenvalue weighted by Crippen LogP contribution is -2.50. The van der Waals surface area contributed by atoms with Crippen molar-refractivity contribution in [2.45, 2.75) is 32.1 Å². The standard InChI is InChI=1S/C17H26N2/c1-2-19-12-9-17(10-13-19)8-11-18-14-16(17)15-6-4-3-5-7-15/h3-7,16,18H,2,8-14H2,1H3. The van der Waals surface area contributed by atoms with Gasteiger partial charge in [0.2, 0.25) is 0 Å². The summed E-state index contributed by atoms with van der Waals surface area (Å²) in [6, 6.07) is 11.2. The molecule has 1 spiro atoms. The van der Waals surface area contributed by atoms with Gasteiger partial charge >= 0.3 is 0 Å². The zero-order chi connectivity index (χ0) is 13.1. The molecule has 2 saturated heterocycles. The van der Waals surface area contributed by atoms with Gasteiger partial charge in [0.15, 0.2) is 0 Å². The molecule has 104 valence electrons. The molecular formula is C17H26N2. The van der Waals surface area contributed by atoms with Gasteiger partial charge < -0.3 is 10.2 Å². The van der Waals surface area contributed by atoms with E-state index in [0.29, 0.717) is 11.3 Å². The Bertz CT molecular complexity index is 393. The number of hydrogen-bond donors (Lipinski definition) is 1. The highest BCUT2D eigenvalue weighted by Gasteiger charge is 2.43. The molecule has 0 amide bonds. The summed E-state index contributed by atoms with van der Waals surface area (Å²) in [6.07, 6.45) is 4.11. The maximum Gasteiger partial charge on any atom is 0.00255 e. The van der Waals surface area contributed by atoms with Crippen LogP contribution in [0.5, 0.6) is 0 Å². The lowest BCUT2D eigenvalue weighted by atomic mass is 9.63. The molecule has 0 aliphatic carbocycles. The molecule has 1 aromatic rings. The molecule has 0 aromatic heterocycles. The number of rotatable bonds is 2. The van der Waals surface area contributed by atoms with Crippen LogP contribution >= 0.6 is 0 Å². The minimum atomic E-state index is 0.554. The van der Waals surface area contributed by atoms with E-state index in [1.807, 2.05) is 0 Å². The van der Waals surface area contributed by atoms with E-state index in [2.05, 4.69) is 47.5 Å². The largest absolute Gasteiger partial charge is 0.316 e. The quantitative estimate of drug-likeness (QED) is 0.877. The van der Waals surface area contributed by atoms with Crippen LogP contribution in [0.2, 0.25) is 0 Å². The molecule has 0 radical (unpaired) electrons. The van der Waals surface area contributed by atoms with Gasteiger partial charge in [0, 0.05) is 12.5 Å². The molecule has 2 heteroatoms. The summed E-state index contributed by atoms with van der Waals surface area (Å²) in [4.78, 5) is 2.61. The molecule has 2 aliphatic rings. The van der Waals surface area contributed by atoms with E-state index in [4.69, 9.17) is 0 Å². The van der Waals surface area contributed by atoms with Crippen molar-refractivity contribution in [1.29, 1.82) is 0 Å². The molecule has 1 atom stereocenters. The highest BCUT2D eigenvalue weighted by Crippen LogP contribution is 2.48. The third kappa shape index (κ3) is 2.56. The van der Waals surface area contributed by atoms with Gasteiger partial charge in [-0.15, -0.1) is 0 Å². The smallest absolute Gasteiger partial charge is 0.00255 e. The molecule has 1 aromatic carbocycles. The van der Waals surface area contributed by atoms with Crippen LogP contribution in [0, 0.1) is 5.41 Å². The summed E-state index contributed by atoms with van der Waals surface area (Å²) in [6.45, 7) is 8.45. The number of benzene rings is 1. The lowest BCUT2D eigenvalue weighted by molar-refractivity contribution is 0.0563. The van der Waals surface area contributed by atoms with Crippen LogP contribution < -0.4 is 5.32 Å². The van der Waals surface area contributed by atoms with E-state index in [0.717, 1.165) is 6.54 Å². The first-order chi connectivity index (χ1) is 9.34. The van der Waals surface area contributed by atoms with Crippen molar-refractivity contribution in [2.75, 3.05) is 32.7 Å². The van der Waals surface area contributed by atoms with Crippen molar-refractivity contribution in [2.24, 2.45) is 5.41 Å². The molecule has 3 rings (SSSR count). The van der Waals surface area contributed by atoms with E-state index in [1.54, 1.807) is 5.56 Å². The van der Waals surface area contributed by atoms with Gasteiger partial charge in [-0.05, 0) is 56.4 Å². The van der Waals surface area contributed by atoms with Crippen molar-refractivity contribution in [1.82, 2.24) is 10.2 Å². The molecule has 19 heavy (non-hydrogen) atoms. The molecule has 1 unspecified atom stereocenters. The van der Waals surface area contributed by atoms with Gasteiger partial charge in [0.1, 0.15) is 0 Å². The van der Waals surface area contributed by atoms with E-state index in [-0.39, 0.29) is 0 Å². The second-order valence-electron chi connectivity index (χ2n) is 6.21. The maximum atomic E-state index is 3.62. The van der Waals surface area contributed by atoms with Crippen LogP contribution in [-0.2, 0) is 0 Å². The second kappa shape index (κ2) is 5.64. The normalized spacial score (nSPS) is 27.5. The third-order valence-corrected chi connectivity index (χ3v) is 5.39. The molecule has 1 N–H and O–H groups in total. The first kappa shape index (κ1) is 13.1. The van der Waals surface area contributed by atoms with Gasteiger partial charge in [-0.2, -0.15) is 0 Å². The molecule has 2 aliphatic heterocycles. The van der Waals surface area contributed by atoms with Crippen LogP contribution in [0.1, 0.15) is 37.7 Å². The number of nitrogens with one attached hydrogen (secondary N) is 1. The Balaban J connectivity index is 1.82. The average molecular weight is 258 g/mol. The van der Waals surface area contributed by atoms with Crippen LogP contribution in [0.3, 0.4) is 0 Å². The predicted molar refractivity (Wildman–Crippen MR) is 80.5 cm³/mol. The molecule has 0 bridgehead atoms. The van der Waals surface area contributed by atoms with Crippen molar-refractivity contribution in [3.8, 4) is 0 Å². The van der Waals surface area contributed by atoms with Crippen molar-refractivity contribution < 1.29 is 0 Å². The Labute approximate surface area is 117 Å². The molecular weight excluding hydrogens is 232 g/mol. The van der Waals surface area contributed by atoms with Crippen molar-refractivity contribution in [3.63, 3.8) is 0 Å². The van der Waals surface area contributed by atoms with Gasteiger partial charge in [0.25, 0.3) is 0 Å². The van der Waals surface area contributed by atoms with Crippen molar-refractivity contribution in [3.05, 3.63) is 35.9 Å². The number of likely N-dealkylation sites (tertiary alicyclic amines) is 1. The molecule has 2 fully saturated rings. The summed E-state index contributed by atoms with van der Waals surface area (Å²) in [5, 5.41) is 3.62. The highest BCUT2D eigenvalue weighted by molar-refractivity contribution is 5.24. The first-order valence-electron chi connectivity index (χ1n) is 7.82. The predicted octanol–water partition coefficient (Wildman–Crippen LogP) is 2.87. The summed E-state index contributed by atoms with van der Waals surface area (Å²) in [7, 11) is 0. The first-order valence-corrected chi connectivity index (χ1v) is 7.82. The Morgan fingerprint density at radius 2 is 1.89 bits per heavy atom. The minimum Gasteiger partial charge on any atom is -0.316 e. The van der Waals surface area contributed by atoms with Gasteiger partial charge in [-0.3, -0.25) is 0 Å². The van der Waals surface area contributed by atoms with Gasteiger partial charge in [-0.25, -0.2) is 0 Å². The average Bonchev–Trinajstić information content (AvgIpc) is 2.49. The monoisotopic (exact) mass is 258 g/mol. The summed E-state index contributed by atoms with van der Waals surface area (Å²) < 4.78 is 0.